The topological polar surface area (TPSA) is 49.5 Å². The first-order chi connectivity index (χ1) is 6.66. The van der Waals surface area contributed by atoms with E-state index >= 15 is 0 Å². The Morgan fingerprint density at radius 1 is 1.29 bits per heavy atom. The first kappa shape index (κ1) is 10.4. The Hall–Kier alpha value is -0.120. The van der Waals surface area contributed by atoms with Gasteiger partial charge in [0.25, 0.3) is 0 Å². The molecule has 0 amide bonds. The summed E-state index contributed by atoms with van der Waals surface area (Å²) in [6, 6.07) is 0.704. The van der Waals surface area contributed by atoms with E-state index in [9.17, 15) is 5.11 Å². The van der Waals surface area contributed by atoms with Crippen LogP contribution in [-0.2, 0) is 0 Å². The zero-order chi connectivity index (χ0) is 10.1. The van der Waals surface area contributed by atoms with Crippen molar-refractivity contribution < 1.29 is 5.11 Å². The van der Waals surface area contributed by atoms with E-state index in [1.807, 2.05) is 0 Å². The van der Waals surface area contributed by atoms with Crippen molar-refractivity contribution >= 4 is 0 Å². The molecule has 2 aliphatic rings. The summed E-state index contributed by atoms with van der Waals surface area (Å²) in [5.41, 5.74) is 6.01. The zero-order valence-corrected chi connectivity index (χ0v) is 9.02. The molecule has 0 aromatic heterocycles. The summed E-state index contributed by atoms with van der Waals surface area (Å²) >= 11 is 0. The summed E-state index contributed by atoms with van der Waals surface area (Å²) < 4.78 is 0. The lowest BCUT2D eigenvalue weighted by Crippen LogP contribution is -2.52. The van der Waals surface area contributed by atoms with Gasteiger partial charge in [-0.15, -0.1) is 0 Å². The molecule has 1 heterocycles. The molecule has 2 rings (SSSR count). The summed E-state index contributed by atoms with van der Waals surface area (Å²) in [7, 11) is 0. The highest BCUT2D eigenvalue weighted by Gasteiger charge is 2.34. The quantitative estimate of drug-likeness (QED) is 0.647. The largest absolute Gasteiger partial charge is 0.391 e. The molecule has 0 radical (unpaired) electrons. The smallest absolute Gasteiger partial charge is 0.0695 e. The molecule has 0 spiro atoms. The third kappa shape index (κ3) is 2.10. The fourth-order valence-electron chi connectivity index (χ4n) is 3.06. The van der Waals surface area contributed by atoms with Gasteiger partial charge in [-0.1, -0.05) is 6.92 Å². The Balaban J connectivity index is 1.95. The van der Waals surface area contributed by atoms with Gasteiger partial charge in [-0.3, -0.25) is 4.90 Å². The second-order valence-corrected chi connectivity index (χ2v) is 5.12. The number of hydrogen-bond acceptors (Lipinski definition) is 3. The monoisotopic (exact) mass is 198 g/mol. The Morgan fingerprint density at radius 3 is 2.64 bits per heavy atom. The molecular weight excluding hydrogens is 176 g/mol. The van der Waals surface area contributed by atoms with Gasteiger partial charge in [-0.25, -0.2) is 0 Å². The van der Waals surface area contributed by atoms with Crippen LogP contribution in [-0.4, -0.2) is 41.3 Å². The highest BCUT2D eigenvalue weighted by atomic mass is 16.3. The number of aliphatic hydroxyl groups is 1. The summed E-state index contributed by atoms with van der Waals surface area (Å²) in [4.78, 5) is 2.41. The average molecular weight is 198 g/mol. The summed E-state index contributed by atoms with van der Waals surface area (Å²) in [6.07, 6.45) is 4.34. The predicted molar refractivity (Wildman–Crippen MR) is 57.0 cm³/mol. The van der Waals surface area contributed by atoms with E-state index in [0.717, 1.165) is 32.4 Å². The highest BCUT2D eigenvalue weighted by Crippen LogP contribution is 2.27. The van der Waals surface area contributed by atoms with Crippen LogP contribution in [0.2, 0.25) is 0 Å². The molecule has 1 aliphatic carbocycles. The minimum atomic E-state index is -0.104. The van der Waals surface area contributed by atoms with Crippen LogP contribution in [0.3, 0.4) is 0 Å². The number of likely N-dealkylation sites (tertiary alicyclic amines) is 1. The molecule has 3 heteroatoms. The molecule has 4 atom stereocenters. The summed E-state index contributed by atoms with van der Waals surface area (Å²) in [6.45, 7) is 4.36. The van der Waals surface area contributed by atoms with Crippen LogP contribution in [0.25, 0.3) is 0 Å². The first-order valence-corrected chi connectivity index (χ1v) is 5.84. The van der Waals surface area contributed by atoms with Gasteiger partial charge in [0.2, 0.25) is 0 Å². The van der Waals surface area contributed by atoms with Crippen molar-refractivity contribution in [1.82, 2.24) is 4.90 Å². The molecule has 14 heavy (non-hydrogen) atoms. The number of piperidine rings is 1. The van der Waals surface area contributed by atoms with Crippen LogP contribution in [0, 0.1) is 5.92 Å². The van der Waals surface area contributed by atoms with Crippen molar-refractivity contribution in [1.29, 1.82) is 0 Å². The van der Waals surface area contributed by atoms with E-state index in [-0.39, 0.29) is 6.10 Å². The van der Waals surface area contributed by atoms with E-state index in [4.69, 9.17) is 5.73 Å². The molecular formula is C11H22N2O. The van der Waals surface area contributed by atoms with E-state index < -0.39 is 0 Å². The second kappa shape index (κ2) is 4.17. The molecule has 0 aromatic rings. The van der Waals surface area contributed by atoms with Gasteiger partial charge in [0.05, 0.1) is 6.10 Å². The molecule has 4 unspecified atom stereocenters. The number of nitrogens with zero attached hydrogens (tertiary/aromatic N) is 1. The van der Waals surface area contributed by atoms with E-state index in [1.54, 1.807) is 0 Å². The summed E-state index contributed by atoms with van der Waals surface area (Å²) in [5.74, 6) is 0.687. The van der Waals surface area contributed by atoms with Gasteiger partial charge in [0.15, 0.2) is 0 Å². The maximum Gasteiger partial charge on any atom is 0.0695 e. The molecule has 1 saturated heterocycles. The van der Waals surface area contributed by atoms with Crippen LogP contribution in [0.5, 0.6) is 0 Å². The maximum atomic E-state index is 9.83. The molecule has 82 valence electrons. The van der Waals surface area contributed by atoms with E-state index in [2.05, 4.69) is 11.8 Å². The van der Waals surface area contributed by atoms with Crippen LogP contribution in [0.4, 0.5) is 0 Å². The fraction of sp³-hybridized carbons (Fsp3) is 1.00. The van der Waals surface area contributed by atoms with Gasteiger partial charge < -0.3 is 10.8 Å². The van der Waals surface area contributed by atoms with Crippen molar-refractivity contribution in [2.75, 3.05) is 13.1 Å². The van der Waals surface area contributed by atoms with Gasteiger partial charge in [0.1, 0.15) is 0 Å². The Labute approximate surface area is 86.3 Å². The number of rotatable bonds is 1. The van der Waals surface area contributed by atoms with Crippen molar-refractivity contribution in [3.05, 3.63) is 0 Å². The molecule has 3 nitrogen and oxygen atoms in total. The number of aliphatic hydroxyl groups excluding tert-OH is 1. The lowest BCUT2D eigenvalue weighted by atomic mass is 9.94. The molecule has 3 N–H and O–H groups in total. The molecule has 1 aliphatic heterocycles. The SMILES string of the molecule is CC1CC(N)CN(C2CCCC2O)C1. The van der Waals surface area contributed by atoms with Crippen molar-refractivity contribution in [3.8, 4) is 0 Å². The van der Waals surface area contributed by atoms with Gasteiger partial charge in [-0.05, 0) is 31.6 Å². The summed E-state index contributed by atoms with van der Waals surface area (Å²) in [5, 5.41) is 9.83. The van der Waals surface area contributed by atoms with Gasteiger partial charge in [0, 0.05) is 25.2 Å². The van der Waals surface area contributed by atoms with Crippen LogP contribution in [0.1, 0.15) is 32.6 Å². The van der Waals surface area contributed by atoms with Crippen molar-refractivity contribution in [2.24, 2.45) is 11.7 Å². The fourth-order valence-corrected chi connectivity index (χ4v) is 3.06. The van der Waals surface area contributed by atoms with Gasteiger partial charge >= 0.3 is 0 Å². The normalized spacial score (nSPS) is 45.6. The van der Waals surface area contributed by atoms with E-state index in [1.165, 1.54) is 6.42 Å². The Bertz CT molecular complexity index is 188. The minimum absolute atomic E-state index is 0.104. The van der Waals surface area contributed by atoms with Crippen LogP contribution in [0.15, 0.2) is 0 Å². The Kier molecular flexibility index (Phi) is 3.10. The first-order valence-electron chi connectivity index (χ1n) is 5.84. The van der Waals surface area contributed by atoms with E-state index in [0.29, 0.717) is 18.0 Å². The van der Waals surface area contributed by atoms with Crippen LogP contribution >= 0.6 is 0 Å². The predicted octanol–water partition coefficient (Wildman–Crippen LogP) is 0.569. The average Bonchev–Trinajstić information content (AvgIpc) is 2.49. The third-order valence-corrected chi connectivity index (χ3v) is 3.63. The molecule has 1 saturated carbocycles. The minimum Gasteiger partial charge on any atom is -0.391 e. The van der Waals surface area contributed by atoms with Gasteiger partial charge in [-0.2, -0.15) is 0 Å². The van der Waals surface area contributed by atoms with Crippen molar-refractivity contribution in [2.45, 2.75) is 50.8 Å². The lowest BCUT2D eigenvalue weighted by Gasteiger charge is -2.39. The zero-order valence-electron chi connectivity index (χ0n) is 9.02. The third-order valence-electron chi connectivity index (χ3n) is 3.63. The Morgan fingerprint density at radius 2 is 2.07 bits per heavy atom. The molecule has 2 fully saturated rings. The standard InChI is InChI=1S/C11H22N2O/c1-8-5-9(12)7-13(6-8)10-3-2-4-11(10)14/h8-11,14H,2-7,12H2,1H3. The highest BCUT2D eigenvalue weighted by molar-refractivity contribution is 4.90. The van der Waals surface area contributed by atoms with Crippen LogP contribution < -0.4 is 5.73 Å². The molecule has 0 aromatic carbocycles. The maximum absolute atomic E-state index is 9.83. The molecule has 0 bridgehead atoms. The number of nitrogens with two attached hydrogens (primary N) is 1. The second-order valence-electron chi connectivity index (χ2n) is 5.12. The lowest BCUT2D eigenvalue weighted by molar-refractivity contribution is 0.0401. The number of hydrogen-bond donors (Lipinski definition) is 2. The van der Waals surface area contributed by atoms with Crippen molar-refractivity contribution in [3.63, 3.8) is 0 Å².